The first-order valence-corrected chi connectivity index (χ1v) is 9.86. The van der Waals surface area contributed by atoms with Crippen LogP contribution in [0.3, 0.4) is 0 Å². The zero-order valence-electron chi connectivity index (χ0n) is 15.7. The molecule has 3 fully saturated rings. The Morgan fingerprint density at radius 2 is 2.00 bits per heavy atom. The molecule has 3 heterocycles. The van der Waals surface area contributed by atoms with Gasteiger partial charge in [-0.2, -0.15) is 0 Å². The van der Waals surface area contributed by atoms with Crippen LogP contribution in [0.4, 0.5) is 10.1 Å². The third kappa shape index (κ3) is 3.73. The van der Waals surface area contributed by atoms with Gasteiger partial charge in [-0.05, 0) is 62.4 Å². The number of halogens is 1. The molecule has 1 aromatic carbocycles. The molecule has 0 bridgehead atoms. The van der Waals surface area contributed by atoms with Gasteiger partial charge in [-0.3, -0.25) is 19.7 Å². The number of piperidine rings is 2. The Balaban J connectivity index is 1.42. The number of nitrogens with zero attached hydrogens (tertiary/aromatic N) is 1. The molecule has 7 nitrogen and oxygen atoms in total. The van der Waals surface area contributed by atoms with E-state index in [0.717, 1.165) is 51.1 Å². The zero-order chi connectivity index (χ0) is 19.7. The fourth-order valence-corrected chi connectivity index (χ4v) is 4.47. The minimum absolute atomic E-state index is 0.0933. The molecule has 150 valence electrons. The van der Waals surface area contributed by atoms with Gasteiger partial charge in [0.2, 0.25) is 11.8 Å². The molecule has 1 spiro atoms. The third-order valence-electron chi connectivity index (χ3n) is 6.21. The average molecular weight is 388 g/mol. The Morgan fingerprint density at radius 1 is 1.21 bits per heavy atom. The molecule has 1 unspecified atom stereocenters. The maximum absolute atomic E-state index is 14.6. The predicted molar refractivity (Wildman–Crippen MR) is 101 cm³/mol. The molecule has 0 saturated carbocycles. The lowest BCUT2D eigenvalue weighted by molar-refractivity contribution is -0.134. The summed E-state index contributed by atoms with van der Waals surface area (Å²) in [4.78, 5) is 37.6. The largest absolute Gasteiger partial charge is 0.371 e. The first kappa shape index (κ1) is 18.9. The second kappa shape index (κ2) is 7.50. The maximum atomic E-state index is 14.6. The van der Waals surface area contributed by atoms with Crippen molar-refractivity contribution in [2.45, 2.75) is 38.1 Å². The van der Waals surface area contributed by atoms with Crippen molar-refractivity contribution in [1.29, 1.82) is 0 Å². The molecule has 4 rings (SSSR count). The van der Waals surface area contributed by atoms with Gasteiger partial charge in [0.15, 0.2) is 0 Å². The molecular formula is C20H25FN4O3. The molecule has 3 saturated heterocycles. The molecule has 28 heavy (non-hydrogen) atoms. The molecule has 1 atom stereocenters. The normalized spacial score (nSPS) is 24.3. The fourth-order valence-electron chi connectivity index (χ4n) is 4.47. The fraction of sp³-hybridized carbons (Fsp3) is 0.550. The number of hydrogen-bond donors (Lipinski definition) is 3. The number of imide groups is 1. The zero-order valence-corrected chi connectivity index (χ0v) is 15.7. The summed E-state index contributed by atoms with van der Waals surface area (Å²) in [6.07, 6.45) is 3.76. The van der Waals surface area contributed by atoms with E-state index in [-0.39, 0.29) is 24.3 Å². The molecule has 8 heteroatoms. The average Bonchev–Trinajstić information content (AvgIpc) is 3.07. The summed E-state index contributed by atoms with van der Waals surface area (Å²) in [5.74, 6) is -2.16. The van der Waals surface area contributed by atoms with Crippen LogP contribution in [0.25, 0.3) is 0 Å². The summed E-state index contributed by atoms with van der Waals surface area (Å²) in [5, 5.41) is 8.08. The van der Waals surface area contributed by atoms with Gasteiger partial charge in [0.25, 0.3) is 5.91 Å². The summed E-state index contributed by atoms with van der Waals surface area (Å²) in [7, 11) is 0. The smallest absolute Gasteiger partial charge is 0.254 e. The summed E-state index contributed by atoms with van der Waals surface area (Å²) >= 11 is 0. The van der Waals surface area contributed by atoms with Crippen LogP contribution < -0.4 is 20.9 Å². The maximum Gasteiger partial charge on any atom is 0.254 e. The second-order valence-corrected chi connectivity index (χ2v) is 8.06. The van der Waals surface area contributed by atoms with Crippen molar-refractivity contribution in [3.05, 3.63) is 29.6 Å². The Labute approximate surface area is 163 Å². The number of carbonyl (C=O) groups excluding carboxylic acids is 3. The molecule has 3 N–H and O–H groups in total. The number of benzene rings is 1. The summed E-state index contributed by atoms with van der Waals surface area (Å²) in [6.45, 7) is 3.86. The van der Waals surface area contributed by atoms with Gasteiger partial charge >= 0.3 is 0 Å². The third-order valence-corrected chi connectivity index (χ3v) is 6.21. The lowest BCUT2D eigenvalue weighted by Crippen LogP contribution is -2.52. The van der Waals surface area contributed by atoms with Crippen molar-refractivity contribution in [1.82, 2.24) is 16.0 Å². The van der Waals surface area contributed by atoms with Gasteiger partial charge < -0.3 is 15.5 Å². The highest BCUT2D eigenvalue weighted by atomic mass is 19.1. The van der Waals surface area contributed by atoms with Gasteiger partial charge in [-0.1, -0.05) is 0 Å². The van der Waals surface area contributed by atoms with Crippen molar-refractivity contribution in [2.75, 3.05) is 31.1 Å². The van der Waals surface area contributed by atoms with Crippen LogP contribution in [-0.2, 0) is 9.59 Å². The minimum Gasteiger partial charge on any atom is -0.371 e. The standard InChI is InChI=1S/C20H25FN4O3/c21-15-11-13(25-10-7-20(12-25)5-8-22-9-6-20)1-2-14(15)18(27)23-16-3-4-17(26)24-19(16)28/h1-2,11,16,22H,3-10,12H2,(H,23,27)(H,24,26,28). The quantitative estimate of drug-likeness (QED) is 0.671. The number of hydrogen-bond acceptors (Lipinski definition) is 5. The van der Waals surface area contributed by atoms with Crippen LogP contribution in [0, 0.1) is 11.2 Å². The predicted octanol–water partition coefficient (Wildman–Crippen LogP) is 0.941. The lowest BCUT2D eigenvalue weighted by Gasteiger charge is -2.34. The van der Waals surface area contributed by atoms with E-state index in [1.807, 2.05) is 0 Å². The highest BCUT2D eigenvalue weighted by molar-refractivity contribution is 6.03. The van der Waals surface area contributed by atoms with E-state index in [4.69, 9.17) is 0 Å². The SMILES string of the molecule is O=C1CCC(NC(=O)c2ccc(N3CCC4(CCNCC4)C3)cc2F)C(=O)N1. The van der Waals surface area contributed by atoms with Gasteiger partial charge in [-0.15, -0.1) is 0 Å². The minimum atomic E-state index is -0.817. The number of anilines is 1. The molecule has 3 amide bonds. The number of amides is 3. The van der Waals surface area contributed by atoms with Crippen LogP contribution >= 0.6 is 0 Å². The second-order valence-electron chi connectivity index (χ2n) is 8.06. The molecule has 0 radical (unpaired) electrons. The molecule has 1 aromatic rings. The van der Waals surface area contributed by atoms with E-state index in [1.165, 1.54) is 12.1 Å². The number of nitrogens with one attached hydrogen (secondary N) is 3. The Bertz CT molecular complexity index is 807. The Kier molecular flexibility index (Phi) is 5.05. The van der Waals surface area contributed by atoms with Crippen molar-refractivity contribution in [2.24, 2.45) is 5.41 Å². The van der Waals surface area contributed by atoms with Crippen LogP contribution in [0.2, 0.25) is 0 Å². The molecule has 0 aliphatic carbocycles. The van der Waals surface area contributed by atoms with Crippen molar-refractivity contribution in [3.8, 4) is 0 Å². The van der Waals surface area contributed by atoms with Gasteiger partial charge in [0.1, 0.15) is 11.9 Å². The Morgan fingerprint density at radius 3 is 2.71 bits per heavy atom. The first-order valence-electron chi connectivity index (χ1n) is 9.86. The van der Waals surface area contributed by atoms with Crippen LogP contribution in [0.5, 0.6) is 0 Å². The van der Waals surface area contributed by atoms with Crippen LogP contribution in [0.1, 0.15) is 42.5 Å². The molecular weight excluding hydrogens is 363 g/mol. The monoisotopic (exact) mass is 388 g/mol. The summed E-state index contributed by atoms with van der Waals surface area (Å²) in [6, 6.07) is 3.82. The lowest BCUT2D eigenvalue weighted by atomic mass is 9.78. The van der Waals surface area contributed by atoms with Gasteiger partial charge in [0.05, 0.1) is 5.56 Å². The Hall–Kier alpha value is -2.48. The van der Waals surface area contributed by atoms with E-state index >= 15 is 0 Å². The van der Waals surface area contributed by atoms with E-state index in [1.54, 1.807) is 6.07 Å². The molecule has 3 aliphatic rings. The highest BCUT2D eigenvalue weighted by Gasteiger charge is 2.39. The van der Waals surface area contributed by atoms with Crippen LogP contribution in [-0.4, -0.2) is 49.9 Å². The number of rotatable bonds is 3. The van der Waals surface area contributed by atoms with E-state index in [9.17, 15) is 18.8 Å². The molecule has 0 aromatic heterocycles. The topological polar surface area (TPSA) is 90.5 Å². The van der Waals surface area contributed by atoms with Gasteiger partial charge in [-0.25, -0.2) is 4.39 Å². The molecule has 3 aliphatic heterocycles. The van der Waals surface area contributed by atoms with Crippen LogP contribution in [0.15, 0.2) is 18.2 Å². The first-order chi connectivity index (χ1) is 13.5. The summed E-state index contributed by atoms with van der Waals surface area (Å²) in [5.41, 5.74) is 0.999. The van der Waals surface area contributed by atoms with E-state index in [2.05, 4.69) is 20.9 Å². The van der Waals surface area contributed by atoms with Crippen molar-refractivity contribution < 1.29 is 18.8 Å². The van der Waals surface area contributed by atoms with Crippen molar-refractivity contribution >= 4 is 23.4 Å². The highest BCUT2D eigenvalue weighted by Crippen LogP contribution is 2.40. The van der Waals surface area contributed by atoms with E-state index in [0.29, 0.717) is 5.41 Å². The van der Waals surface area contributed by atoms with Gasteiger partial charge in [0, 0.05) is 25.2 Å². The number of carbonyl (C=O) groups is 3. The summed E-state index contributed by atoms with van der Waals surface area (Å²) < 4.78 is 14.6. The van der Waals surface area contributed by atoms with Crippen molar-refractivity contribution in [3.63, 3.8) is 0 Å². The van der Waals surface area contributed by atoms with E-state index < -0.39 is 23.7 Å².